The first-order chi connectivity index (χ1) is 16.0. The van der Waals surface area contributed by atoms with Crippen molar-refractivity contribution in [1.82, 2.24) is 9.66 Å². The van der Waals surface area contributed by atoms with Crippen LogP contribution in [-0.4, -0.2) is 29.8 Å². The van der Waals surface area contributed by atoms with E-state index in [-0.39, 0.29) is 5.82 Å². The molecule has 0 saturated heterocycles. The third-order valence-corrected chi connectivity index (χ3v) is 5.43. The number of hydrogen-bond acceptors (Lipinski definition) is 5. The van der Waals surface area contributed by atoms with Crippen LogP contribution >= 0.6 is 15.9 Å². The third-order valence-electron chi connectivity index (χ3n) is 4.90. The highest BCUT2D eigenvalue weighted by atomic mass is 79.9. The lowest BCUT2D eigenvalue weighted by Crippen LogP contribution is -2.34. The fourth-order valence-electron chi connectivity index (χ4n) is 3.26. The maximum absolute atomic E-state index is 13.3. The second-order valence-corrected chi connectivity index (χ2v) is 7.97. The summed E-state index contributed by atoms with van der Waals surface area (Å²) in [5.41, 5.74) is 4.15. The first kappa shape index (κ1) is 22.3. The molecule has 1 amide bonds. The number of fused-ring (bicyclic) bond motifs is 1. The van der Waals surface area contributed by atoms with E-state index in [0.29, 0.717) is 28.0 Å². The van der Waals surface area contributed by atoms with Gasteiger partial charge in [-0.15, -0.1) is 0 Å². The zero-order valence-electron chi connectivity index (χ0n) is 17.9. The molecule has 4 rings (SSSR count). The zero-order chi connectivity index (χ0) is 23.4. The van der Waals surface area contributed by atoms with Crippen LogP contribution in [0.1, 0.15) is 5.56 Å². The number of amides is 1. The van der Waals surface area contributed by atoms with Gasteiger partial charge in [0.1, 0.15) is 11.5 Å². The van der Waals surface area contributed by atoms with Gasteiger partial charge in [0.15, 0.2) is 5.82 Å². The van der Waals surface area contributed by atoms with Gasteiger partial charge < -0.3 is 9.47 Å². The number of carbonyl (C=O) groups is 1. The van der Waals surface area contributed by atoms with Crippen molar-refractivity contribution in [2.75, 3.05) is 19.6 Å². The molecule has 7 nitrogen and oxygen atoms in total. The van der Waals surface area contributed by atoms with Gasteiger partial charge in [0.25, 0.3) is 11.5 Å². The minimum absolute atomic E-state index is 0.251. The van der Waals surface area contributed by atoms with Crippen LogP contribution in [0.4, 0.5) is 0 Å². The number of rotatable bonds is 6. The lowest BCUT2D eigenvalue weighted by atomic mass is 10.1. The molecule has 166 valence electrons. The van der Waals surface area contributed by atoms with E-state index >= 15 is 0 Å². The molecule has 8 heteroatoms. The Morgan fingerprint density at radius 1 is 1.00 bits per heavy atom. The Hall–Kier alpha value is -3.91. The van der Waals surface area contributed by atoms with E-state index in [9.17, 15) is 9.59 Å². The summed E-state index contributed by atoms with van der Waals surface area (Å²) in [5.74, 6) is 0.828. The zero-order valence-corrected chi connectivity index (χ0v) is 19.5. The van der Waals surface area contributed by atoms with Crippen LogP contribution in [0.2, 0.25) is 0 Å². The molecule has 0 saturated carbocycles. The molecule has 4 aromatic rings. The maximum atomic E-state index is 13.3. The van der Waals surface area contributed by atoms with Gasteiger partial charge in [0, 0.05) is 22.2 Å². The molecule has 0 fully saturated rings. The van der Waals surface area contributed by atoms with Gasteiger partial charge in [-0.2, -0.15) is 4.68 Å². The molecule has 0 spiro atoms. The van der Waals surface area contributed by atoms with E-state index in [1.165, 1.54) is 20.3 Å². The Morgan fingerprint density at radius 3 is 2.33 bits per heavy atom. The summed E-state index contributed by atoms with van der Waals surface area (Å²) in [6.45, 7) is 0. The van der Waals surface area contributed by atoms with Crippen LogP contribution in [0.5, 0.6) is 11.5 Å². The second-order valence-electron chi connectivity index (χ2n) is 7.06. The Balaban J connectivity index is 1.80. The fraction of sp³-hybridized carbons (Fsp3) is 0.0800. The molecule has 0 bridgehead atoms. The molecular weight excluding hydrogens is 486 g/mol. The number of ether oxygens (including phenoxy) is 2. The largest absolute Gasteiger partial charge is 0.497 e. The quantitative estimate of drug-likeness (QED) is 0.386. The molecule has 0 aliphatic carbocycles. The normalized spacial score (nSPS) is 11.0. The van der Waals surface area contributed by atoms with E-state index in [0.717, 1.165) is 14.7 Å². The first-order valence-electron chi connectivity index (χ1n) is 9.98. The van der Waals surface area contributed by atoms with Crippen molar-refractivity contribution in [3.05, 3.63) is 93.2 Å². The van der Waals surface area contributed by atoms with Crippen molar-refractivity contribution in [1.29, 1.82) is 0 Å². The number of benzene rings is 3. The molecule has 0 aliphatic rings. The molecule has 0 aliphatic heterocycles. The molecule has 0 radical (unpaired) electrons. The summed E-state index contributed by atoms with van der Waals surface area (Å²) in [6.07, 6.45) is 3.02. The minimum atomic E-state index is -0.479. The number of nitrogens with zero attached hydrogens (tertiary/aromatic N) is 2. The van der Waals surface area contributed by atoms with Gasteiger partial charge in [-0.3, -0.25) is 15.0 Å². The van der Waals surface area contributed by atoms with Crippen molar-refractivity contribution in [3.8, 4) is 22.9 Å². The van der Waals surface area contributed by atoms with E-state index in [1.807, 2.05) is 24.3 Å². The Kier molecular flexibility index (Phi) is 6.55. The number of methoxy groups -OCH3 is 2. The second kappa shape index (κ2) is 9.70. The highest BCUT2D eigenvalue weighted by Crippen LogP contribution is 2.29. The summed E-state index contributed by atoms with van der Waals surface area (Å²) >= 11 is 3.38. The van der Waals surface area contributed by atoms with Crippen LogP contribution < -0.4 is 20.5 Å². The van der Waals surface area contributed by atoms with Gasteiger partial charge in [-0.1, -0.05) is 40.2 Å². The number of para-hydroxylation sites is 1. The standard InChI is InChI=1S/C25H20BrN3O4/c1-32-19-13-17(14-20(15-19)33-2)24-27-22-6-4-3-5-21(22)25(31)29(24)28-23(30)12-9-16-7-10-18(26)11-8-16/h3-15H,1-2H3,(H,28,30)/b12-9+. The van der Waals surface area contributed by atoms with Crippen molar-refractivity contribution >= 4 is 38.8 Å². The summed E-state index contributed by atoms with van der Waals surface area (Å²) in [5, 5.41) is 0.383. The monoisotopic (exact) mass is 505 g/mol. The summed E-state index contributed by atoms with van der Waals surface area (Å²) in [7, 11) is 3.07. The summed E-state index contributed by atoms with van der Waals surface area (Å²) < 4.78 is 12.8. The number of carbonyl (C=O) groups excluding carboxylic acids is 1. The van der Waals surface area contributed by atoms with Crippen molar-refractivity contribution < 1.29 is 14.3 Å². The van der Waals surface area contributed by atoms with Crippen molar-refractivity contribution in [2.24, 2.45) is 0 Å². The number of hydrogen-bond donors (Lipinski definition) is 1. The average Bonchev–Trinajstić information content (AvgIpc) is 2.85. The third kappa shape index (κ3) is 4.96. The molecule has 0 unspecified atom stereocenters. The number of aromatic nitrogens is 2. The average molecular weight is 506 g/mol. The van der Waals surface area contributed by atoms with E-state index in [1.54, 1.807) is 48.5 Å². The van der Waals surface area contributed by atoms with Crippen molar-refractivity contribution in [3.63, 3.8) is 0 Å². The Morgan fingerprint density at radius 2 is 1.67 bits per heavy atom. The highest BCUT2D eigenvalue weighted by molar-refractivity contribution is 9.10. The Labute approximate surface area is 198 Å². The number of nitrogens with one attached hydrogen (secondary N) is 1. The lowest BCUT2D eigenvalue weighted by molar-refractivity contribution is -0.112. The van der Waals surface area contributed by atoms with Crippen LogP contribution in [0, 0.1) is 0 Å². The smallest absolute Gasteiger partial charge is 0.280 e. The van der Waals surface area contributed by atoms with Gasteiger partial charge in [0.2, 0.25) is 0 Å². The predicted octanol–water partition coefficient (Wildman–Crippen LogP) is 4.63. The highest BCUT2D eigenvalue weighted by Gasteiger charge is 2.16. The predicted molar refractivity (Wildman–Crippen MR) is 132 cm³/mol. The van der Waals surface area contributed by atoms with E-state index in [2.05, 4.69) is 26.3 Å². The number of halogens is 1. The van der Waals surface area contributed by atoms with Gasteiger partial charge in [-0.05, 0) is 48.0 Å². The van der Waals surface area contributed by atoms with Crippen LogP contribution in [0.25, 0.3) is 28.4 Å². The van der Waals surface area contributed by atoms with Crippen molar-refractivity contribution in [2.45, 2.75) is 0 Å². The van der Waals surface area contributed by atoms with E-state index < -0.39 is 11.5 Å². The molecule has 1 aromatic heterocycles. The van der Waals surface area contributed by atoms with Crippen LogP contribution in [-0.2, 0) is 4.79 Å². The molecule has 1 heterocycles. The van der Waals surface area contributed by atoms with Gasteiger partial charge in [-0.25, -0.2) is 4.98 Å². The topological polar surface area (TPSA) is 82.4 Å². The SMILES string of the molecule is COc1cc(OC)cc(-c2nc3ccccc3c(=O)n2NC(=O)/C=C/c2ccc(Br)cc2)c1. The first-order valence-corrected chi connectivity index (χ1v) is 10.8. The van der Waals surface area contributed by atoms with Crippen LogP contribution in [0.3, 0.4) is 0 Å². The van der Waals surface area contributed by atoms with Gasteiger partial charge in [0.05, 0.1) is 25.1 Å². The molecular formula is C25H20BrN3O4. The summed E-state index contributed by atoms with van der Waals surface area (Å²) in [4.78, 5) is 30.7. The fourth-order valence-corrected chi connectivity index (χ4v) is 3.52. The summed E-state index contributed by atoms with van der Waals surface area (Å²) in [6, 6.07) is 19.6. The van der Waals surface area contributed by atoms with E-state index in [4.69, 9.17) is 9.47 Å². The minimum Gasteiger partial charge on any atom is -0.497 e. The Bertz CT molecular complexity index is 1390. The molecule has 0 atom stereocenters. The van der Waals surface area contributed by atoms with Crippen LogP contribution in [0.15, 0.2) is 82.1 Å². The lowest BCUT2D eigenvalue weighted by Gasteiger charge is -2.15. The molecule has 1 N–H and O–H groups in total. The van der Waals surface area contributed by atoms with Gasteiger partial charge >= 0.3 is 0 Å². The molecule has 33 heavy (non-hydrogen) atoms. The molecule has 3 aromatic carbocycles. The maximum Gasteiger partial charge on any atom is 0.280 e.